The number of hydrogen-bond donors (Lipinski definition) is 4. The van der Waals surface area contributed by atoms with Gasteiger partial charge in [-0.2, -0.15) is 0 Å². The van der Waals surface area contributed by atoms with Crippen molar-refractivity contribution in [3.05, 3.63) is 29.3 Å². The standard InChI is InChI=1S/C12H15NO5/c1-7-3-2-4-8(10(7)15)11(16)13-9(5-6-14)12(17)18/h2-4,9,14-15H,5-6H2,1H3,(H,13,16)(H,17,18). The van der Waals surface area contributed by atoms with Crippen LogP contribution in [-0.4, -0.2) is 39.8 Å². The molecule has 0 fully saturated rings. The number of benzene rings is 1. The highest BCUT2D eigenvalue weighted by Gasteiger charge is 2.21. The van der Waals surface area contributed by atoms with Gasteiger partial charge in [-0.25, -0.2) is 4.79 Å². The number of aliphatic carboxylic acids is 1. The van der Waals surface area contributed by atoms with Gasteiger partial charge in [-0.05, 0) is 18.6 Å². The zero-order valence-electron chi connectivity index (χ0n) is 9.88. The number of rotatable bonds is 5. The van der Waals surface area contributed by atoms with Crippen LogP contribution in [0.4, 0.5) is 0 Å². The first kappa shape index (κ1) is 14.0. The summed E-state index contributed by atoms with van der Waals surface area (Å²) in [7, 11) is 0. The maximum atomic E-state index is 11.8. The predicted molar refractivity (Wildman–Crippen MR) is 63.4 cm³/mol. The Labute approximate surface area is 104 Å². The molecule has 0 spiro atoms. The highest BCUT2D eigenvalue weighted by Crippen LogP contribution is 2.21. The normalized spacial score (nSPS) is 11.9. The number of phenolic OH excluding ortho intramolecular Hbond substituents is 1. The number of aliphatic hydroxyl groups excluding tert-OH is 1. The molecule has 0 heterocycles. The second kappa shape index (κ2) is 6.02. The molecule has 18 heavy (non-hydrogen) atoms. The fourth-order valence-electron chi connectivity index (χ4n) is 1.46. The van der Waals surface area contributed by atoms with Crippen LogP contribution < -0.4 is 5.32 Å². The summed E-state index contributed by atoms with van der Waals surface area (Å²) in [5.74, 6) is -2.09. The Balaban J connectivity index is 2.87. The minimum absolute atomic E-state index is 0.0131. The Hall–Kier alpha value is -2.08. The van der Waals surface area contributed by atoms with Crippen LogP contribution >= 0.6 is 0 Å². The van der Waals surface area contributed by atoms with Crippen LogP contribution in [0.1, 0.15) is 22.3 Å². The molecule has 1 aromatic rings. The average Bonchev–Trinajstić information content (AvgIpc) is 2.31. The molecule has 1 rings (SSSR count). The van der Waals surface area contributed by atoms with E-state index in [-0.39, 0.29) is 24.3 Å². The van der Waals surface area contributed by atoms with Crippen LogP contribution in [0.5, 0.6) is 5.75 Å². The lowest BCUT2D eigenvalue weighted by Gasteiger charge is -2.14. The van der Waals surface area contributed by atoms with E-state index in [0.717, 1.165) is 0 Å². The van der Waals surface area contributed by atoms with Crippen LogP contribution in [-0.2, 0) is 4.79 Å². The molecule has 0 saturated carbocycles. The Morgan fingerprint density at radius 3 is 2.61 bits per heavy atom. The van der Waals surface area contributed by atoms with Gasteiger partial charge in [0, 0.05) is 13.0 Å². The third-order valence-corrected chi connectivity index (χ3v) is 2.50. The van der Waals surface area contributed by atoms with Crippen LogP contribution in [0.2, 0.25) is 0 Å². The third-order valence-electron chi connectivity index (χ3n) is 2.50. The number of carbonyl (C=O) groups is 2. The van der Waals surface area contributed by atoms with Crippen molar-refractivity contribution in [2.24, 2.45) is 0 Å². The van der Waals surface area contributed by atoms with Gasteiger partial charge in [0.25, 0.3) is 5.91 Å². The van der Waals surface area contributed by atoms with Crippen LogP contribution in [0.3, 0.4) is 0 Å². The first-order chi connectivity index (χ1) is 8.47. The van der Waals surface area contributed by atoms with E-state index < -0.39 is 17.9 Å². The van der Waals surface area contributed by atoms with Gasteiger partial charge < -0.3 is 20.6 Å². The summed E-state index contributed by atoms with van der Waals surface area (Å²) in [6.45, 7) is 1.28. The number of carbonyl (C=O) groups excluding carboxylic acids is 1. The molecule has 1 aromatic carbocycles. The fraction of sp³-hybridized carbons (Fsp3) is 0.333. The molecule has 4 N–H and O–H groups in total. The monoisotopic (exact) mass is 253 g/mol. The van der Waals surface area contributed by atoms with E-state index in [1.807, 2.05) is 0 Å². The maximum absolute atomic E-state index is 11.8. The highest BCUT2D eigenvalue weighted by atomic mass is 16.4. The second-order valence-electron chi connectivity index (χ2n) is 3.85. The van der Waals surface area contributed by atoms with Crippen molar-refractivity contribution in [1.82, 2.24) is 5.32 Å². The van der Waals surface area contributed by atoms with Crippen LogP contribution in [0.15, 0.2) is 18.2 Å². The van der Waals surface area contributed by atoms with E-state index >= 15 is 0 Å². The summed E-state index contributed by atoms with van der Waals surface area (Å²) in [5, 5.41) is 29.5. The zero-order chi connectivity index (χ0) is 13.7. The molecule has 6 heteroatoms. The summed E-state index contributed by atoms with van der Waals surface area (Å²) in [6.07, 6.45) is -0.0896. The molecule has 1 atom stereocenters. The van der Waals surface area contributed by atoms with Crippen LogP contribution in [0, 0.1) is 6.92 Å². The number of hydrogen-bond acceptors (Lipinski definition) is 4. The lowest BCUT2D eigenvalue weighted by molar-refractivity contribution is -0.139. The largest absolute Gasteiger partial charge is 0.507 e. The highest BCUT2D eigenvalue weighted by molar-refractivity contribution is 5.99. The smallest absolute Gasteiger partial charge is 0.326 e. The summed E-state index contributed by atoms with van der Waals surface area (Å²) >= 11 is 0. The van der Waals surface area contributed by atoms with Crippen molar-refractivity contribution >= 4 is 11.9 Å². The van der Waals surface area contributed by atoms with E-state index in [1.54, 1.807) is 19.1 Å². The fourth-order valence-corrected chi connectivity index (χ4v) is 1.46. The summed E-state index contributed by atoms with van der Waals surface area (Å²) in [5.41, 5.74) is 0.538. The Kier molecular flexibility index (Phi) is 4.67. The third kappa shape index (κ3) is 3.21. The first-order valence-corrected chi connectivity index (χ1v) is 5.40. The van der Waals surface area contributed by atoms with Gasteiger partial charge in [0.05, 0.1) is 5.56 Å². The number of carboxylic acids is 1. The molecule has 1 amide bonds. The molecule has 98 valence electrons. The van der Waals surface area contributed by atoms with Gasteiger partial charge in [-0.1, -0.05) is 12.1 Å². The minimum Gasteiger partial charge on any atom is -0.507 e. The number of aliphatic hydroxyl groups is 1. The van der Waals surface area contributed by atoms with Gasteiger partial charge in [-0.3, -0.25) is 4.79 Å². The summed E-state index contributed by atoms with van der Waals surface area (Å²) in [4.78, 5) is 22.6. The molecule has 0 aromatic heterocycles. The molecular formula is C12H15NO5. The van der Waals surface area contributed by atoms with E-state index in [4.69, 9.17) is 10.2 Å². The van der Waals surface area contributed by atoms with Gasteiger partial charge in [-0.15, -0.1) is 0 Å². The quantitative estimate of drug-likeness (QED) is 0.602. The second-order valence-corrected chi connectivity index (χ2v) is 3.85. The molecule has 0 aliphatic rings. The van der Waals surface area contributed by atoms with Crippen LogP contribution in [0.25, 0.3) is 0 Å². The SMILES string of the molecule is Cc1cccc(C(=O)NC(CCO)C(=O)O)c1O. The lowest BCUT2D eigenvalue weighted by Crippen LogP contribution is -2.41. The first-order valence-electron chi connectivity index (χ1n) is 5.40. The number of carboxylic acid groups (broad SMARTS) is 1. The van der Waals surface area contributed by atoms with E-state index in [0.29, 0.717) is 5.56 Å². The van der Waals surface area contributed by atoms with Gasteiger partial charge in [0.1, 0.15) is 11.8 Å². The van der Waals surface area contributed by atoms with Gasteiger partial charge >= 0.3 is 5.97 Å². The Bertz CT molecular complexity index is 458. The molecule has 0 saturated heterocycles. The lowest BCUT2D eigenvalue weighted by atomic mass is 10.1. The molecule has 0 aliphatic carbocycles. The average molecular weight is 253 g/mol. The number of aryl methyl sites for hydroxylation is 1. The van der Waals surface area contributed by atoms with Crippen molar-refractivity contribution in [1.29, 1.82) is 0 Å². The molecule has 0 bridgehead atoms. The molecule has 0 radical (unpaired) electrons. The van der Waals surface area contributed by atoms with Crippen molar-refractivity contribution < 1.29 is 24.9 Å². The van der Waals surface area contributed by atoms with Gasteiger partial charge in [0.2, 0.25) is 0 Å². The topological polar surface area (TPSA) is 107 Å². The van der Waals surface area contributed by atoms with E-state index in [1.165, 1.54) is 6.07 Å². The number of phenols is 1. The molecular weight excluding hydrogens is 238 g/mol. The Morgan fingerprint density at radius 2 is 2.06 bits per heavy atom. The van der Waals surface area contributed by atoms with E-state index in [9.17, 15) is 14.7 Å². The van der Waals surface area contributed by atoms with E-state index in [2.05, 4.69) is 5.32 Å². The molecule has 1 unspecified atom stereocenters. The molecule has 0 aliphatic heterocycles. The predicted octanol–water partition coefficient (Wildman–Crippen LogP) is 0.266. The van der Waals surface area contributed by atoms with Gasteiger partial charge in [0.15, 0.2) is 0 Å². The van der Waals surface area contributed by atoms with Crippen molar-refractivity contribution in [3.8, 4) is 5.75 Å². The number of para-hydroxylation sites is 1. The number of aromatic hydroxyl groups is 1. The van der Waals surface area contributed by atoms with Crippen molar-refractivity contribution in [2.45, 2.75) is 19.4 Å². The maximum Gasteiger partial charge on any atom is 0.326 e. The number of nitrogens with one attached hydrogen (secondary N) is 1. The van der Waals surface area contributed by atoms with Crippen molar-refractivity contribution in [3.63, 3.8) is 0 Å². The summed E-state index contributed by atoms with van der Waals surface area (Å²) in [6, 6.07) is 3.44. The minimum atomic E-state index is -1.23. The van der Waals surface area contributed by atoms with Crippen molar-refractivity contribution in [2.75, 3.05) is 6.61 Å². The molecule has 6 nitrogen and oxygen atoms in total. The zero-order valence-corrected chi connectivity index (χ0v) is 9.88. The number of amides is 1. The summed E-state index contributed by atoms with van der Waals surface area (Å²) < 4.78 is 0. The Morgan fingerprint density at radius 1 is 1.39 bits per heavy atom.